The first-order valence-electron chi connectivity index (χ1n) is 7.46. The number of amides is 1. The maximum atomic E-state index is 12.4. The summed E-state index contributed by atoms with van der Waals surface area (Å²) in [6, 6.07) is 3.71. The van der Waals surface area contributed by atoms with Crippen LogP contribution in [0, 0.1) is 12.8 Å². The summed E-state index contributed by atoms with van der Waals surface area (Å²) in [5.41, 5.74) is 3.20. The van der Waals surface area contributed by atoms with Crippen LogP contribution in [0.25, 0.3) is 0 Å². The predicted octanol–water partition coefficient (Wildman–Crippen LogP) is 1.54. The summed E-state index contributed by atoms with van der Waals surface area (Å²) in [5, 5.41) is 3.00. The van der Waals surface area contributed by atoms with Crippen LogP contribution in [0.15, 0.2) is 18.3 Å². The van der Waals surface area contributed by atoms with Gasteiger partial charge in [-0.25, -0.2) is 9.97 Å². The number of imidazole rings is 1. The molecule has 1 aliphatic carbocycles. The number of nitrogens with zero attached hydrogens (tertiary/aromatic N) is 2. The molecule has 0 fully saturated rings. The number of hydrogen-bond donors (Lipinski definition) is 2. The summed E-state index contributed by atoms with van der Waals surface area (Å²) in [4.78, 5) is 24.1. The van der Waals surface area contributed by atoms with Gasteiger partial charge in [0.2, 0.25) is 11.8 Å². The fraction of sp³-hybridized carbons (Fsp3) is 0.438. The van der Waals surface area contributed by atoms with Gasteiger partial charge in [-0.1, -0.05) is 0 Å². The van der Waals surface area contributed by atoms with E-state index in [0.717, 1.165) is 42.0 Å². The highest BCUT2D eigenvalue weighted by Gasteiger charge is 2.26. The van der Waals surface area contributed by atoms with Crippen molar-refractivity contribution in [3.8, 4) is 5.88 Å². The first-order valence-corrected chi connectivity index (χ1v) is 7.46. The molecule has 0 bridgehead atoms. The number of aryl methyl sites for hydroxylation is 2. The van der Waals surface area contributed by atoms with Crippen molar-refractivity contribution in [3.63, 3.8) is 0 Å². The fourth-order valence-electron chi connectivity index (χ4n) is 2.85. The molecular formula is C16H20N4O2. The molecule has 6 nitrogen and oxygen atoms in total. The van der Waals surface area contributed by atoms with Crippen LogP contribution in [-0.2, 0) is 24.2 Å². The Morgan fingerprint density at radius 1 is 1.55 bits per heavy atom. The fourth-order valence-corrected chi connectivity index (χ4v) is 2.85. The third-order valence-electron chi connectivity index (χ3n) is 4.01. The second-order valence-corrected chi connectivity index (χ2v) is 5.61. The van der Waals surface area contributed by atoms with E-state index in [-0.39, 0.29) is 11.8 Å². The largest absolute Gasteiger partial charge is 0.481 e. The lowest BCUT2D eigenvalue weighted by Crippen LogP contribution is -2.33. The molecule has 0 aliphatic heterocycles. The van der Waals surface area contributed by atoms with Crippen molar-refractivity contribution < 1.29 is 9.53 Å². The molecule has 22 heavy (non-hydrogen) atoms. The number of pyridine rings is 1. The van der Waals surface area contributed by atoms with E-state index in [2.05, 4.69) is 20.3 Å². The quantitative estimate of drug-likeness (QED) is 0.897. The van der Waals surface area contributed by atoms with E-state index in [4.69, 9.17) is 4.74 Å². The van der Waals surface area contributed by atoms with Crippen LogP contribution in [0.5, 0.6) is 5.88 Å². The third-order valence-corrected chi connectivity index (χ3v) is 4.01. The predicted molar refractivity (Wildman–Crippen MR) is 81.5 cm³/mol. The van der Waals surface area contributed by atoms with E-state index in [1.165, 1.54) is 0 Å². The summed E-state index contributed by atoms with van der Waals surface area (Å²) in [7, 11) is 1.58. The van der Waals surface area contributed by atoms with Crippen LogP contribution in [0.3, 0.4) is 0 Å². The minimum absolute atomic E-state index is 0.0103. The van der Waals surface area contributed by atoms with Crippen LogP contribution in [0.1, 0.15) is 29.2 Å². The standard InChI is InChI=1S/C16H20N4O2/c1-10-19-13-4-3-12(8-14(13)20-10)16(21)18-9-11-5-6-17-15(7-11)22-2/h5-7,12H,3-4,8-9H2,1-2H3,(H,18,21)(H,19,20). The number of ether oxygens (including phenoxy) is 1. The molecule has 0 radical (unpaired) electrons. The van der Waals surface area contributed by atoms with Gasteiger partial charge in [-0.2, -0.15) is 0 Å². The molecule has 1 atom stereocenters. The van der Waals surface area contributed by atoms with E-state index in [0.29, 0.717) is 12.4 Å². The first-order chi connectivity index (χ1) is 10.7. The molecule has 2 N–H and O–H groups in total. The highest BCUT2D eigenvalue weighted by molar-refractivity contribution is 5.79. The Morgan fingerprint density at radius 3 is 3.23 bits per heavy atom. The van der Waals surface area contributed by atoms with Crippen LogP contribution < -0.4 is 10.1 Å². The van der Waals surface area contributed by atoms with Gasteiger partial charge in [-0.15, -0.1) is 0 Å². The van der Waals surface area contributed by atoms with Gasteiger partial charge >= 0.3 is 0 Å². The Labute approximate surface area is 129 Å². The lowest BCUT2D eigenvalue weighted by atomic mass is 9.89. The number of methoxy groups -OCH3 is 1. The second-order valence-electron chi connectivity index (χ2n) is 5.61. The van der Waals surface area contributed by atoms with E-state index in [1.54, 1.807) is 13.3 Å². The van der Waals surface area contributed by atoms with Gasteiger partial charge in [0.05, 0.1) is 12.8 Å². The summed E-state index contributed by atoms with van der Waals surface area (Å²) in [5.74, 6) is 1.58. The molecule has 6 heteroatoms. The Bertz CT molecular complexity index is 681. The Morgan fingerprint density at radius 2 is 2.41 bits per heavy atom. The molecular weight excluding hydrogens is 280 g/mol. The van der Waals surface area contributed by atoms with Gasteiger partial charge in [0, 0.05) is 36.8 Å². The van der Waals surface area contributed by atoms with E-state index < -0.39 is 0 Å². The maximum Gasteiger partial charge on any atom is 0.223 e. The molecule has 2 aromatic rings. The van der Waals surface area contributed by atoms with Crippen molar-refractivity contribution in [1.82, 2.24) is 20.3 Å². The van der Waals surface area contributed by atoms with E-state index >= 15 is 0 Å². The lowest BCUT2D eigenvalue weighted by molar-refractivity contribution is -0.125. The average Bonchev–Trinajstić information content (AvgIpc) is 2.91. The van der Waals surface area contributed by atoms with Gasteiger partial charge < -0.3 is 15.0 Å². The highest BCUT2D eigenvalue weighted by atomic mass is 16.5. The number of fused-ring (bicyclic) bond motifs is 1. The highest BCUT2D eigenvalue weighted by Crippen LogP contribution is 2.24. The number of carbonyl (C=O) groups is 1. The van der Waals surface area contributed by atoms with Crippen LogP contribution in [0.2, 0.25) is 0 Å². The third kappa shape index (κ3) is 3.10. The monoisotopic (exact) mass is 300 g/mol. The number of aromatic nitrogens is 3. The van der Waals surface area contributed by atoms with Gasteiger partial charge in [-0.05, 0) is 31.4 Å². The lowest BCUT2D eigenvalue weighted by Gasteiger charge is -2.20. The zero-order valence-corrected chi connectivity index (χ0v) is 12.8. The SMILES string of the molecule is COc1cc(CNC(=O)C2CCc3nc(C)[nH]c3C2)ccn1. The molecule has 0 saturated heterocycles. The molecule has 1 amide bonds. The van der Waals surface area contributed by atoms with Crippen LogP contribution >= 0.6 is 0 Å². The summed E-state index contributed by atoms with van der Waals surface area (Å²) < 4.78 is 5.08. The molecule has 0 aromatic carbocycles. The number of carbonyl (C=O) groups excluding carboxylic acids is 1. The molecule has 116 valence electrons. The second kappa shape index (κ2) is 6.17. The molecule has 2 aromatic heterocycles. The molecule has 0 spiro atoms. The Kier molecular flexibility index (Phi) is 4.09. The van der Waals surface area contributed by atoms with Gasteiger partial charge in [0.15, 0.2) is 0 Å². The minimum Gasteiger partial charge on any atom is -0.481 e. The van der Waals surface area contributed by atoms with Gasteiger partial charge in [-0.3, -0.25) is 4.79 Å². The summed E-state index contributed by atoms with van der Waals surface area (Å²) in [6.45, 7) is 2.44. The van der Waals surface area contributed by atoms with Crippen molar-refractivity contribution in [3.05, 3.63) is 41.1 Å². The smallest absolute Gasteiger partial charge is 0.223 e. The van der Waals surface area contributed by atoms with E-state index in [9.17, 15) is 4.79 Å². The van der Waals surface area contributed by atoms with Gasteiger partial charge in [0.25, 0.3) is 0 Å². The number of hydrogen-bond acceptors (Lipinski definition) is 4. The average molecular weight is 300 g/mol. The minimum atomic E-state index is 0.0103. The topological polar surface area (TPSA) is 79.9 Å². The van der Waals surface area contributed by atoms with E-state index in [1.807, 2.05) is 19.1 Å². The molecule has 2 heterocycles. The van der Waals surface area contributed by atoms with Crippen LogP contribution in [-0.4, -0.2) is 28.0 Å². The number of H-pyrrole nitrogens is 1. The zero-order valence-electron chi connectivity index (χ0n) is 12.8. The molecule has 3 rings (SSSR count). The van der Waals surface area contributed by atoms with Gasteiger partial charge in [0.1, 0.15) is 5.82 Å². The summed E-state index contributed by atoms with van der Waals surface area (Å²) >= 11 is 0. The van der Waals surface area contributed by atoms with Crippen molar-refractivity contribution in [2.45, 2.75) is 32.7 Å². The van der Waals surface area contributed by atoms with Crippen molar-refractivity contribution in [2.24, 2.45) is 5.92 Å². The van der Waals surface area contributed by atoms with Crippen molar-refractivity contribution in [2.75, 3.05) is 7.11 Å². The molecule has 0 saturated carbocycles. The number of aromatic amines is 1. The van der Waals surface area contributed by atoms with Crippen molar-refractivity contribution >= 4 is 5.91 Å². The number of nitrogens with one attached hydrogen (secondary N) is 2. The van der Waals surface area contributed by atoms with Crippen molar-refractivity contribution in [1.29, 1.82) is 0 Å². The maximum absolute atomic E-state index is 12.4. The summed E-state index contributed by atoms with van der Waals surface area (Å²) in [6.07, 6.45) is 4.13. The van der Waals surface area contributed by atoms with Crippen LogP contribution in [0.4, 0.5) is 0 Å². The Balaban J connectivity index is 1.58. The molecule has 1 unspecified atom stereocenters. The zero-order chi connectivity index (χ0) is 15.5. The normalized spacial score (nSPS) is 16.9. The molecule has 1 aliphatic rings. The first kappa shape index (κ1) is 14.6. The Hall–Kier alpha value is -2.37. The number of rotatable bonds is 4.